The van der Waals surface area contributed by atoms with Gasteiger partial charge in [-0.25, -0.2) is 4.79 Å². The highest BCUT2D eigenvalue weighted by Crippen LogP contribution is 2.22. The van der Waals surface area contributed by atoms with Gasteiger partial charge in [-0.15, -0.1) is 0 Å². The minimum Gasteiger partial charge on any atom is -0.478 e. The molecular weight excluding hydrogens is 254 g/mol. The van der Waals surface area contributed by atoms with Crippen LogP contribution in [0.2, 0.25) is 0 Å². The largest absolute Gasteiger partial charge is 0.478 e. The normalized spacial score (nSPS) is 10.6. The van der Waals surface area contributed by atoms with Gasteiger partial charge in [-0.2, -0.15) is 0 Å². The number of para-hydroxylation sites is 1. The summed E-state index contributed by atoms with van der Waals surface area (Å²) >= 11 is 0. The number of hydrogen-bond acceptors (Lipinski definition) is 2. The van der Waals surface area contributed by atoms with Gasteiger partial charge in [0.25, 0.3) is 0 Å². The SMILES string of the molecule is O=C(O)c1ccccc1-c1cc(=O)c2ccccc2[nH]1. The van der Waals surface area contributed by atoms with E-state index in [4.69, 9.17) is 0 Å². The van der Waals surface area contributed by atoms with Crippen LogP contribution in [0, 0.1) is 0 Å². The van der Waals surface area contributed by atoms with Crippen LogP contribution in [0.1, 0.15) is 10.4 Å². The van der Waals surface area contributed by atoms with Gasteiger partial charge in [0.2, 0.25) is 0 Å². The third kappa shape index (κ3) is 1.97. The quantitative estimate of drug-likeness (QED) is 0.748. The summed E-state index contributed by atoms with van der Waals surface area (Å²) in [5, 5.41) is 9.80. The summed E-state index contributed by atoms with van der Waals surface area (Å²) in [6, 6.07) is 15.2. The van der Waals surface area contributed by atoms with Crippen molar-refractivity contribution in [2.24, 2.45) is 0 Å². The molecule has 0 fully saturated rings. The van der Waals surface area contributed by atoms with Crippen molar-refractivity contribution in [2.75, 3.05) is 0 Å². The molecule has 1 heterocycles. The van der Waals surface area contributed by atoms with Crippen molar-refractivity contribution in [3.63, 3.8) is 0 Å². The molecule has 0 radical (unpaired) electrons. The standard InChI is InChI=1S/C16H11NO3/c18-15-9-14(17-13-8-4-3-7-12(13)15)10-5-1-2-6-11(10)16(19)20/h1-9H,(H,17,18)(H,19,20). The fourth-order valence-electron chi connectivity index (χ4n) is 2.25. The lowest BCUT2D eigenvalue weighted by atomic mass is 10.0. The van der Waals surface area contributed by atoms with E-state index in [0.29, 0.717) is 22.2 Å². The molecule has 0 spiro atoms. The van der Waals surface area contributed by atoms with E-state index >= 15 is 0 Å². The second-order valence-electron chi connectivity index (χ2n) is 4.44. The monoisotopic (exact) mass is 265 g/mol. The lowest BCUT2D eigenvalue weighted by Gasteiger charge is -2.07. The molecule has 98 valence electrons. The Labute approximate surface area is 114 Å². The fourth-order valence-corrected chi connectivity index (χ4v) is 2.25. The molecule has 0 amide bonds. The topological polar surface area (TPSA) is 70.2 Å². The molecule has 0 aliphatic rings. The summed E-state index contributed by atoms with van der Waals surface area (Å²) in [4.78, 5) is 26.5. The predicted molar refractivity (Wildman–Crippen MR) is 77.0 cm³/mol. The van der Waals surface area contributed by atoms with Gasteiger partial charge >= 0.3 is 5.97 Å². The molecule has 2 aromatic carbocycles. The fraction of sp³-hybridized carbons (Fsp3) is 0. The Morgan fingerprint density at radius 2 is 1.70 bits per heavy atom. The van der Waals surface area contributed by atoms with Gasteiger partial charge < -0.3 is 10.1 Å². The van der Waals surface area contributed by atoms with Crippen molar-refractivity contribution in [3.8, 4) is 11.3 Å². The van der Waals surface area contributed by atoms with Crippen molar-refractivity contribution in [1.29, 1.82) is 0 Å². The van der Waals surface area contributed by atoms with E-state index in [-0.39, 0.29) is 11.0 Å². The Balaban J connectivity index is 2.31. The lowest BCUT2D eigenvalue weighted by Crippen LogP contribution is -2.05. The van der Waals surface area contributed by atoms with Gasteiger partial charge in [-0.1, -0.05) is 30.3 Å². The first-order chi connectivity index (χ1) is 9.66. The van der Waals surface area contributed by atoms with E-state index < -0.39 is 5.97 Å². The third-order valence-electron chi connectivity index (χ3n) is 3.18. The van der Waals surface area contributed by atoms with Gasteiger partial charge in [0.05, 0.1) is 11.3 Å². The maximum Gasteiger partial charge on any atom is 0.336 e. The molecule has 4 nitrogen and oxygen atoms in total. The lowest BCUT2D eigenvalue weighted by molar-refractivity contribution is 0.0697. The summed E-state index contributed by atoms with van der Waals surface area (Å²) in [7, 11) is 0. The second-order valence-corrected chi connectivity index (χ2v) is 4.44. The Hall–Kier alpha value is -2.88. The summed E-state index contributed by atoms with van der Waals surface area (Å²) in [6.45, 7) is 0. The van der Waals surface area contributed by atoms with E-state index in [9.17, 15) is 14.7 Å². The number of aromatic carboxylic acids is 1. The van der Waals surface area contributed by atoms with E-state index in [2.05, 4.69) is 4.98 Å². The van der Waals surface area contributed by atoms with Crippen LogP contribution < -0.4 is 5.43 Å². The van der Waals surface area contributed by atoms with Crippen LogP contribution in [0.15, 0.2) is 59.4 Å². The number of fused-ring (bicyclic) bond motifs is 1. The molecule has 4 heteroatoms. The van der Waals surface area contributed by atoms with Crippen molar-refractivity contribution >= 4 is 16.9 Å². The predicted octanol–water partition coefficient (Wildman–Crippen LogP) is 2.89. The number of aromatic nitrogens is 1. The molecule has 0 saturated carbocycles. The third-order valence-corrected chi connectivity index (χ3v) is 3.18. The van der Waals surface area contributed by atoms with E-state index in [1.165, 1.54) is 12.1 Å². The molecule has 0 aliphatic carbocycles. The number of carboxylic acids is 1. The molecule has 1 aromatic heterocycles. The maximum atomic E-state index is 12.1. The number of hydrogen-bond donors (Lipinski definition) is 2. The Morgan fingerprint density at radius 3 is 2.50 bits per heavy atom. The first kappa shape index (κ1) is 12.2. The molecule has 0 saturated heterocycles. The van der Waals surface area contributed by atoms with E-state index in [1.807, 2.05) is 6.07 Å². The van der Waals surface area contributed by atoms with Gasteiger partial charge in [0.15, 0.2) is 5.43 Å². The van der Waals surface area contributed by atoms with Gasteiger partial charge in [-0.3, -0.25) is 4.79 Å². The van der Waals surface area contributed by atoms with E-state index in [0.717, 1.165) is 0 Å². The van der Waals surface area contributed by atoms with E-state index in [1.54, 1.807) is 36.4 Å². The summed E-state index contributed by atoms with van der Waals surface area (Å²) in [5.74, 6) is -1.02. The Kier molecular flexibility index (Phi) is 2.84. The molecular formula is C16H11NO3. The van der Waals surface area contributed by atoms with Crippen LogP contribution in [-0.4, -0.2) is 16.1 Å². The molecule has 0 aliphatic heterocycles. The number of carbonyl (C=O) groups is 1. The number of rotatable bonds is 2. The van der Waals surface area contributed by atoms with Crippen LogP contribution >= 0.6 is 0 Å². The van der Waals surface area contributed by atoms with Crippen molar-refractivity contribution in [1.82, 2.24) is 4.98 Å². The van der Waals surface area contributed by atoms with Crippen molar-refractivity contribution < 1.29 is 9.90 Å². The molecule has 20 heavy (non-hydrogen) atoms. The van der Waals surface area contributed by atoms with Gasteiger partial charge in [-0.05, 0) is 18.2 Å². The molecule has 0 unspecified atom stereocenters. The zero-order chi connectivity index (χ0) is 14.1. The van der Waals surface area contributed by atoms with Crippen LogP contribution in [0.5, 0.6) is 0 Å². The summed E-state index contributed by atoms with van der Waals surface area (Å²) in [5.41, 5.74) is 1.73. The zero-order valence-corrected chi connectivity index (χ0v) is 10.5. The number of H-pyrrole nitrogens is 1. The van der Waals surface area contributed by atoms with Crippen molar-refractivity contribution in [2.45, 2.75) is 0 Å². The molecule has 3 aromatic rings. The second kappa shape index (κ2) is 4.66. The van der Waals surface area contributed by atoms with Crippen molar-refractivity contribution in [3.05, 3.63) is 70.4 Å². The summed E-state index contributed by atoms with van der Waals surface area (Å²) < 4.78 is 0. The smallest absolute Gasteiger partial charge is 0.336 e. The molecule has 3 rings (SSSR count). The average molecular weight is 265 g/mol. The Morgan fingerprint density at radius 1 is 1.00 bits per heavy atom. The van der Waals surface area contributed by atoms with Crippen LogP contribution in [0.25, 0.3) is 22.2 Å². The minimum absolute atomic E-state index is 0.130. The first-order valence-electron chi connectivity index (χ1n) is 6.11. The molecule has 0 bridgehead atoms. The first-order valence-corrected chi connectivity index (χ1v) is 6.11. The number of benzene rings is 2. The number of pyridine rings is 1. The highest BCUT2D eigenvalue weighted by Gasteiger charge is 2.12. The van der Waals surface area contributed by atoms with Crippen LogP contribution in [-0.2, 0) is 0 Å². The summed E-state index contributed by atoms with van der Waals surface area (Å²) in [6.07, 6.45) is 0. The van der Waals surface area contributed by atoms with Gasteiger partial charge in [0, 0.05) is 22.5 Å². The van der Waals surface area contributed by atoms with Gasteiger partial charge in [0.1, 0.15) is 0 Å². The molecule has 2 N–H and O–H groups in total. The number of aromatic amines is 1. The number of carboxylic acid groups (broad SMARTS) is 1. The minimum atomic E-state index is -1.02. The maximum absolute atomic E-state index is 12.1. The highest BCUT2D eigenvalue weighted by molar-refractivity contribution is 5.96. The van der Waals surface area contributed by atoms with Crippen LogP contribution in [0.4, 0.5) is 0 Å². The van der Waals surface area contributed by atoms with Crippen LogP contribution in [0.3, 0.4) is 0 Å². The average Bonchev–Trinajstić information content (AvgIpc) is 2.47. The zero-order valence-electron chi connectivity index (χ0n) is 10.5. The number of nitrogens with one attached hydrogen (secondary N) is 1. The molecule has 0 atom stereocenters. The Bertz CT molecular complexity index is 865. The highest BCUT2D eigenvalue weighted by atomic mass is 16.4.